The summed E-state index contributed by atoms with van der Waals surface area (Å²) >= 11 is 0. The third-order valence-corrected chi connectivity index (χ3v) is 1.54. The zero-order valence-corrected chi connectivity index (χ0v) is 5.70. The van der Waals surface area contributed by atoms with Gasteiger partial charge in [0.15, 0.2) is 0 Å². The number of hydrogen-bond acceptors (Lipinski definition) is 2. The fraction of sp³-hybridized carbons (Fsp3) is 1.00. The van der Waals surface area contributed by atoms with Crippen LogP contribution in [0, 0.1) is 0 Å². The van der Waals surface area contributed by atoms with Crippen molar-refractivity contribution in [3.05, 3.63) is 0 Å². The van der Waals surface area contributed by atoms with Gasteiger partial charge in [-0.15, -0.1) is 9.24 Å². The van der Waals surface area contributed by atoms with Crippen molar-refractivity contribution in [2.24, 2.45) is 0 Å². The molecular weight excluding hydrogens is 111 g/mol. The third kappa shape index (κ3) is 2.98. The summed E-state index contributed by atoms with van der Waals surface area (Å²) in [5.41, 5.74) is -0.981. The lowest BCUT2D eigenvalue weighted by Gasteiger charge is -2.19. The molecule has 2 unspecified atom stereocenters. The van der Waals surface area contributed by atoms with Crippen LogP contribution in [0.15, 0.2) is 0 Å². The van der Waals surface area contributed by atoms with Gasteiger partial charge in [-0.2, -0.15) is 0 Å². The fourth-order valence-electron chi connectivity index (χ4n) is 0. The van der Waals surface area contributed by atoms with E-state index in [0.717, 1.165) is 0 Å². The van der Waals surface area contributed by atoms with E-state index in [4.69, 9.17) is 10.2 Å². The molecule has 2 nitrogen and oxygen atoms in total. The number of hydrogen-bond donors (Lipinski definition) is 2. The predicted octanol–water partition coefficient (Wildman–Crippen LogP) is -0.0492. The van der Waals surface area contributed by atoms with E-state index in [-0.39, 0.29) is 0 Å². The highest BCUT2D eigenvalue weighted by atomic mass is 31.0. The summed E-state index contributed by atoms with van der Waals surface area (Å²) in [4.78, 5) is 0. The second-order valence-electron chi connectivity index (χ2n) is 2.10. The summed E-state index contributed by atoms with van der Waals surface area (Å²) in [5, 5.41) is 17.4. The van der Waals surface area contributed by atoms with Crippen LogP contribution in [0.25, 0.3) is 0 Å². The van der Waals surface area contributed by atoms with Gasteiger partial charge < -0.3 is 10.2 Å². The summed E-state index contributed by atoms with van der Waals surface area (Å²) in [6.45, 7) is 3.09. The third-order valence-electron chi connectivity index (χ3n) is 0.724. The first-order valence-electron chi connectivity index (χ1n) is 2.10. The molecule has 0 bridgehead atoms. The Balaban J connectivity index is 3.54. The molecule has 0 rings (SSSR count). The Labute approximate surface area is 45.8 Å². The van der Waals surface area contributed by atoms with Crippen molar-refractivity contribution < 1.29 is 10.2 Å². The normalized spacial score (nSPS) is 16.7. The summed E-state index contributed by atoms with van der Waals surface area (Å²) in [7, 11) is 2.11. The molecule has 0 fully saturated rings. The minimum atomic E-state index is -0.981. The lowest BCUT2D eigenvalue weighted by molar-refractivity contribution is -0.00173. The van der Waals surface area contributed by atoms with Crippen molar-refractivity contribution in [1.29, 1.82) is 0 Å². The van der Waals surface area contributed by atoms with Gasteiger partial charge in [0, 0.05) is 0 Å². The fourth-order valence-corrected chi connectivity index (χ4v) is 0. The van der Waals surface area contributed by atoms with E-state index in [1.807, 2.05) is 0 Å². The zero-order chi connectivity index (χ0) is 6.08. The van der Waals surface area contributed by atoms with Crippen LogP contribution >= 0.6 is 9.24 Å². The Hall–Kier alpha value is 0.350. The molecule has 0 saturated carbocycles. The van der Waals surface area contributed by atoms with E-state index >= 15 is 0 Å². The maximum Gasteiger partial charge on any atom is 0.0953 e. The lowest BCUT2D eigenvalue weighted by Crippen LogP contribution is -2.30. The Kier molecular flexibility index (Phi) is 2.18. The zero-order valence-electron chi connectivity index (χ0n) is 4.55. The maximum absolute atomic E-state index is 8.82. The standard InChI is InChI=1S/C4H11O2P/c1-4(2,6)3(5)7/h3,5-6H,7H2,1-2H3. The minimum Gasteiger partial charge on any atom is -0.387 e. The highest BCUT2D eigenvalue weighted by Crippen LogP contribution is 2.12. The largest absolute Gasteiger partial charge is 0.387 e. The molecule has 0 aliphatic heterocycles. The summed E-state index contributed by atoms with van der Waals surface area (Å²) in [5.74, 6) is -0.729. The molecular formula is C4H11O2P. The van der Waals surface area contributed by atoms with Crippen LogP contribution in [0.1, 0.15) is 13.8 Å². The van der Waals surface area contributed by atoms with Crippen molar-refractivity contribution in [2.45, 2.75) is 25.3 Å². The Morgan fingerprint density at radius 2 is 1.71 bits per heavy atom. The van der Waals surface area contributed by atoms with E-state index < -0.39 is 11.4 Å². The van der Waals surface area contributed by atoms with E-state index in [9.17, 15) is 0 Å². The van der Waals surface area contributed by atoms with E-state index in [1.165, 1.54) is 0 Å². The highest BCUT2D eigenvalue weighted by molar-refractivity contribution is 7.17. The number of rotatable bonds is 1. The SMILES string of the molecule is CC(C)(O)C(O)P. The predicted molar refractivity (Wildman–Crippen MR) is 32.0 cm³/mol. The van der Waals surface area contributed by atoms with Gasteiger partial charge in [-0.05, 0) is 13.8 Å². The summed E-state index contributed by atoms with van der Waals surface area (Å²) < 4.78 is 0. The first-order chi connectivity index (χ1) is 2.94. The second kappa shape index (κ2) is 2.08. The number of aliphatic hydroxyl groups is 2. The first kappa shape index (κ1) is 7.35. The number of aliphatic hydroxyl groups excluding tert-OH is 1. The lowest BCUT2D eigenvalue weighted by atomic mass is 10.2. The summed E-state index contributed by atoms with van der Waals surface area (Å²) in [6.07, 6.45) is 0. The quantitative estimate of drug-likeness (QED) is 0.479. The molecule has 0 saturated heterocycles. The van der Waals surface area contributed by atoms with Gasteiger partial charge >= 0.3 is 0 Å². The first-order valence-corrected chi connectivity index (χ1v) is 2.77. The molecule has 0 aliphatic carbocycles. The minimum absolute atomic E-state index is 0.729. The molecule has 0 aromatic heterocycles. The van der Waals surface area contributed by atoms with E-state index in [1.54, 1.807) is 13.8 Å². The van der Waals surface area contributed by atoms with Gasteiger partial charge in [-0.25, -0.2) is 0 Å². The van der Waals surface area contributed by atoms with Crippen molar-refractivity contribution in [1.82, 2.24) is 0 Å². The Morgan fingerprint density at radius 3 is 1.71 bits per heavy atom. The Bertz CT molecular complexity index is 55.2. The molecule has 0 aromatic carbocycles. The van der Waals surface area contributed by atoms with Gasteiger partial charge in [-0.3, -0.25) is 0 Å². The van der Waals surface area contributed by atoms with Crippen LogP contribution in [0.4, 0.5) is 0 Å². The molecule has 2 atom stereocenters. The Morgan fingerprint density at radius 1 is 1.57 bits per heavy atom. The van der Waals surface area contributed by atoms with Gasteiger partial charge in [0.2, 0.25) is 0 Å². The molecule has 2 N–H and O–H groups in total. The van der Waals surface area contributed by atoms with E-state index in [0.29, 0.717) is 0 Å². The average Bonchev–Trinajstić information content (AvgIpc) is 1.31. The molecule has 3 heteroatoms. The second-order valence-corrected chi connectivity index (χ2v) is 2.73. The maximum atomic E-state index is 8.82. The smallest absolute Gasteiger partial charge is 0.0953 e. The van der Waals surface area contributed by atoms with Gasteiger partial charge in [0.1, 0.15) is 0 Å². The van der Waals surface area contributed by atoms with Crippen molar-refractivity contribution in [3.63, 3.8) is 0 Å². The van der Waals surface area contributed by atoms with Crippen molar-refractivity contribution in [2.75, 3.05) is 0 Å². The van der Waals surface area contributed by atoms with E-state index in [2.05, 4.69) is 9.24 Å². The molecule has 0 spiro atoms. The molecule has 0 amide bonds. The van der Waals surface area contributed by atoms with Crippen LogP contribution in [0.2, 0.25) is 0 Å². The summed E-state index contributed by atoms with van der Waals surface area (Å²) in [6, 6.07) is 0. The average molecular weight is 122 g/mol. The van der Waals surface area contributed by atoms with Crippen molar-refractivity contribution in [3.8, 4) is 0 Å². The molecule has 7 heavy (non-hydrogen) atoms. The molecule has 0 radical (unpaired) electrons. The van der Waals surface area contributed by atoms with Crippen LogP contribution in [0.3, 0.4) is 0 Å². The van der Waals surface area contributed by atoms with Gasteiger partial charge in [0.05, 0.1) is 11.4 Å². The van der Waals surface area contributed by atoms with Crippen LogP contribution < -0.4 is 0 Å². The van der Waals surface area contributed by atoms with Crippen LogP contribution in [0.5, 0.6) is 0 Å². The molecule has 0 aromatic rings. The van der Waals surface area contributed by atoms with Gasteiger partial charge in [0.25, 0.3) is 0 Å². The highest BCUT2D eigenvalue weighted by Gasteiger charge is 2.18. The molecule has 0 heterocycles. The molecule has 44 valence electrons. The topological polar surface area (TPSA) is 40.5 Å². The van der Waals surface area contributed by atoms with Crippen LogP contribution in [-0.4, -0.2) is 21.7 Å². The van der Waals surface area contributed by atoms with Crippen LogP contribution in [-0.2, 0) is 0 Å². The van der Waals surface area contributed by atoms with Gasteiger partial charge in [-0.1, -0.05) is 0 Å². The van der Waals surface area contributed by atoms with Crippen molar-refractivity contribution >= 4 is 9.24 Å². The molecule has 0 aliphatic rings. The monoisotopic (exact) mass is 122 g/mol.